The van der Waals surface area contributed by atoms with Crippen LogP contribution in [0, 0.1) is 27.7 Å². The van der Waals surface area contributed by atoms with E-state index >= 15 is 0 Å². The fourth-order valence-electron chi connectivity index (χ4n) is 10.1. The summed E-state index contributed by atoms with van der Waals surface area (Å²) in [4.78, 5) is 107. The number of alkyl halides is 8. The summed E-state index contributed by atoms with van der Waals surface area (Å²) in [6.07, 6.45) is -1.55. The number of aliphatic hydroxyl groups is 1. The Morgan fingerprint density at radius 2 is 0.917 bits per heavy atom. The van der Waals surface area contributed by atoms with E-state index in [1.165, 1.54) is 52.2 Å². The standard InChI is InChI=1S/C27H27F3N6O6.C21H21F3N6O2.2C6H7ClO4.C5H6O4.3CH4/c1-4-9-35-24(37)21-23(34(5-2)25(35)38)32-22(36(21)15-40-14-20-16(3)41-26(39)42-20)18-11-31-33(13-18)12-17-7-6-8-19(10-17)27(28,29)30;1-3-8-30-19(31)16-18(29(4-2)20(30)32)27-17(26-16)14-10-25-28(12-14)11-13-6-5-7-15(9-13)21(22,23)24;2*1-4-5(2-9-3-7)11-6(8)10-4;1-3-4(2-6)9-5(7)8-3;;;/h6-8,10-11,13H,4-5,9,12,14-15H2,1-3H3;5-7,9-10,12H,3-4,8,11H2,1-2H3,(H,26,27);2*2-3H2,1H3;6H,2H2,1H3;3*1H4. The first kappa shape index (κ1) is 87.8. The predicted molar refractivity (Wildman–Crippen MR) is 378 cm³/mol. The van der Waals surface area contributed by atoms with Gasteiger partial charge in [0.05, 0.1) is 47.7 Å². The van der Waals surface area contributed by atoms with Crippen molar-refractivity contribution in [3.8, 4) is 22.8 Å². The first-order valence-electron chi connectivity index (χ1n) is 31.6. The van der Waals surface area contributed by atoms with Gasteiger partial charge in [-0.2, -0.15) is 36.5 Å². The summed E-state index contributed by atoms with van der Waals surface area (Å²) in [6, 6.07) is 10.1. The molecule has 0 saturated carbocycles. The van der Waals surface area contributed by atoms with Gasteiger partial charge in [-0.1, -0.05) is 83.6 Å². The van der Waals surface area contributed by atoms with Gasteiger partial charge >= 0.3 is 47.0 Å². The lowest BCUT2D eigenvalue weighted by Gasteiger charge is -2.11. The van der Waals surface area contributed by atoms with Crippen molar-refractivity contribution in [3.05, 3.63) is 226 Å². The lowest BCUT2D eigenvalue weighted by Crippen LogP contribution is -2.40. The number of H-pyrrole nitrogens is 1. The third kappa shape index (κ3) is 21.7. The lowest BCUT2D eigenvalue weighted by atomic mass is 10.1. The zero-order chi connectivity index (χ0) is 76.6. The van der Waals surface area contributed by atoms with Crippen molar-refractivity contribution >= 4 is 45.5 Å². The number of nitrogens with zero attached hydrogens (tertiary/aromatic N) is 11. The first-order valence-corrected chi connectivity index (χ1v) is 32.7. The highest BCUT2D eigenvalue weighted by Crippen LogP contribution is 2.32. The third-order valence-electron chi connectivity index (χ3n) is 15.1. The molecule has 12 rings (SSSR count). The summed E-state index contributed by atoms with van der Waals surface area (Å²) in [5, 5.41) is 16.9. The molecule has 108 heavy (non-hydrogen) atoms. The number of halogens is 8. The molecule has 0 fully saturated rings. The maximum absolute atomic E-state index is 13.6. The van der Waals surface area contributed by atoms with Crippen LogP contribution in [0.5, 0.6) is 0 Å². The molecular formula is C68H80Cl2F6N12O20. The molecule has 32 nitrogen and oxygen atoms in total. The summed E-state index contributed by atoms with van der Waals surface area (Å²) >= 11 is 10.5. The average molecular weight is 1570 g/mol. The highest BCUT2D eigenvalue weighted by Gasteiger charge is 2.32. The van der Waals surface area contributed by atoms with Gasteiger partial charge in [0.2, 0.25) is 0 Å². The molecule has 0 aliphatic heterocycles. The topological polar surface area (TPSA) is 391 Å². The molecular weight excluding hydrogens is 1490 g/mol. The van der Waals surface area contributed by atoms with Crippen molar-refractivity contribution in [1.82, 2.24) is 57.3 Å². The summed E-state index contributed by atoms with van der Waals surface area (Å²) in [5.74, 6) is 0.117. The van der Waals surface area contributed by atoms with Gasteiger partial charge in [-0.3, -0.25) is 41.8 Å². The largest absolute Gasteiger partial charge is 0.519 e. The zero-order valence-electron chi connectivity index (χ0n) is 57.2. The minimum Gasteiger partial charge on any atom is -0.396 e. The van der Waals surface area contributed by atoms with E-state index < -0.39 is 69.3 Å². The number of aromatic amines is 1. The number of benzene rings is 2. The number of hydrogen-bond acceptors (Lipinski definition) is 24. The molecule has 0 bridgehead atoms. The number of ether oxygens (including phenoxy) is 3. The monoisotopic (exact) mass is 1570 g/mol. The van der Waals surface area contributed by atoms with Crippen LogP contribution in [-0.4, -0.2) is 74.6 Å². The molecule has 0 atom stereocenters. The lowest BCUT2D eigenvalue weighted by molar-refractivity contribution is -0.138. The molecule has 2 aromatic carbocycles. The van der Waals surface area contributed by atoms with Crippen LogP contribution < -0.4 is 45.8 Å². The van der Waals surface area contributed by atoms with Crippen molar-refractivity contribution in [2.75, 3.05) is 12.1 Å². The van der Waals surface area contributed by atoms with Crippen LogP contribution in [0.4, 0.5) is 26.3 Å². The van der Waals surface area contributed by atoms with E-state index in [0.717, 1.165) is 28.8 Å². The molecule has 40 heteroatoms. The van der Waals surface area contributed by atoms with Gasteiger partial charge in [-0.15, -0.1) is 0 Å². The van der Waals surface area contributed by atoms with Crippen LogP contribution in [0.1, 0.15) is 131 Å². The van der Waals surface area contributed by atoms with Crippen molar-refractivity contribution < 1.29 is 81.0 Å². The van der Waals surface area contributed by atoms with Crippen LogP contribution in [0.2, 0.25) is 0 Å². The Bertz CT molecular complexity index is 5380. The summed E-state index contributed by atoms with van der Waals surface area (Å²) in [6.45, 7) is 14.6. The van der Waals surface area contributed by atoms with E-state index in [2.05, 4.69) is 51.7 Å². The molecule has 10 heterocycles. The molecule has 12 aromatic rings. The van der Waals surface area contributed by atoms with Crippen molar-refractivity contribution in [3.63, 3.8) is 0 Å². The Morgan fingerprint density at radius 1 is 0.509 bits per heavy atom. The van der Waals surface area contributed by atoms with Crippen LogP contribution in [-0.2, 0) is 99.0 Å². The van der Waals surface area contributed by atoms with Gasteiger partial charge in [0.1, 0.15) is 85.5 Å². The number of aromatic nitrogens is 12. The SMILES string of the molecule is C.C.C.CCCn1c(=O)c2[nH]c(-c3cnn(Cc4cccc(C(F)(F)F)c4)c3)nc2n(CC)c1=O.CCCn1c(=O)c2c(nc(-c3cnn(Cc4cccc(C(F)(F)F)c4)c3)n2COCc2oc(=O)oc2C)n(CC)c1=O.Cc1oc(=O)oc1CO.Cc1oc(=O)oc1COCCl.Cc1oc(=O)oc1COCCl. The molecule has 0 aliphatic rings. The Kier molecular flexibility index (Phi) is 31.9. The molecule has 0 spiro atoms. The second-order valence-corrected chi connectivity index (χ2v) is 22.8. The zero-order valence-corrected chi connectivity index (χ0v) is 58.7. The van der Waals surface area contributed by atoms with Gasteiger partial charge in [0.15, 0.2) is 39.9 Å². The predicted octanol–water partition coefficient (Wildman–Crippen LogP) is 11.4. The summed E-state index contributed by atoms with van der Waals surface area (Å²) in [7, 11) is 0. The number of imidazole rings is 2. The first-order chi connectivity index (χ1) is 49.9. The van der Waals surface area contributed by atoms with E-state index in [1.807, 2.05) is 13.8 Å². The number of fused-ring (bicyclic) bond motifs is 2. The van der Waals surface area contributed by atoms with E-state index in [4.69, 9.17) is 51.4 Å². The molecule has 10 aromatic heterocycles. The van der Waals surface area contributed by atoms with Gasteiger partial charge in [0.25, 0.3) is 11.1 Å². The fraction of sp³-hybridized carbons (Fsp3) is 0.412. The van der Waals surface area contributed by atoms with Gasteiger partial charge < -0.3 is 59.6 Å². The molecule has 2 N–H and O–H groups in total. The molecule has 0 aliphatic carbocycles. The highest BCUT2D eigenvalue weighted by atomic mass is 35.5. The summed E-state index contributed by atoms with van der Waals surface area (Å²) in [5.41, 5.74) is -0.822. The van der Waals surface area contributed by atoms with E-state index in [0.29, 0.717) is 82.8 Å². The normalized spacial score (nSPS) is 11.2. The Morgan fingerprint density at radius 3 is 1.31 bits per heavy atom. The Balaban J connectivity index is 0.000000275. The fourth-order valence-corrected chi connectivity index (χ4v) is 10.2. The number of hydrogen-bond donors (Lipinski definition) is 2. The van der Waals surface area contributed by atoms with Crippen molar-refractivity contribution in [1.29, 1.82) is 0 Å². The van der Waals surface area contributed by atoms with Crippen LogP contribution in [0.15, 0.2) is 147 Å². The van der Waals surface area contributed by atoms with Crippen LogP contribution in [0.3, 0.4) is 0 Å². The van der Waals surface area contributed by atoms with E-state index in [9.17, 15) is 64.7 Å². The highest BCUT2D eigenvalue weighted by molar-refractivity contribution is 6.17. The van der Waals surface area contributed by atoms with E-state index in [-0.39, 0.29) is 139 Å². The molecule has 0 unspecified atom stereocenters. The van der Waals surface area contributed by atoms with Crippen molar-refractivity contribution in [2.45, 2.75) is 175 Å². The third-order valence-corrected chi connectivity index (χ3v) is 15.4. The van der Waals surface area contributed by atoms with Crippen LogP contribution >= 0.6 is 23.2 Å². The maximum Gasteiger partial charge on any atom is 0.519 e. The number of aryl methyl sites for hydroxylation is 6. The Hall–Kier alpha value is -10.8. The Labute approximate surface area is 617 Å². The maximum atomic E-state index is 13.6. The van der Waals surface area contributed by atoms with Gasteiger partial charge in [0, 0.05) is 38.6 Å². The van der Waals surface area contributed by atoms with Crippen molar-refractivity contribution in [2.24, 2.45) is 0 Å². The molecule has 0 saturated heterocycles. The smallest absolute Gasteiger partial charge is 0.396 e. The molecule has 0 amide bonds. The second-order valence-electron chi connectivity index (χ2n) is 22.3. The average Bonchev–Trinajstić information content (AvgIpc) is 1.59. The second kappa shape index (κ2) is 39.2. The molecule has 588 valence electrons. The van der Waals surface area contributed by atoms with Crippen LogP contribution in [0.25, 0.3) is 45.1 Å². The number of nitrogens with one attached hydrogen (secondary N) is 1. The van der Waals surface area contributed by atoms with E-state index in [1.54, 1.807) is 66.1 Å². The number of rotatable bonds is 23. The summed E-state index contributed by atoms with van der Waals surface area (Å²) < 4.78 is 140. The minimum atomic E-state index is -4.48. The minimum absolute atomic E-state index is 0. The van der Waals surface area contributed by atoms with Gasteiger partial charge in [-0.05, 0) is 89.8 Å². The van der Waals surface area contributed by atoms with Gasteiger partial charge in [-0.25, -0.2) is 38.7 Å². The number of aliphatic hydroxyl groups excluding tert-OH is 1. The quantitative estimate of drug-likeness (QED) is 0.0443. The molecule has 0 radical (unpaired) electrons.